The highest BCUT2D eigenvalue weighted by atomic mass is 127. The number of hydrogen-bond donors (Lipinski definition) is 0. The molecule has 1 heterocycles. The molecule has 5 heteroatoms. The van der Waals surface area contributed by atoms with Crippen LogP contribution in [0, 0.1) is 12.7 Å². The van der Waals surface area contributed by atoms with Crippen LogP contribution in [0.2, 0.25) is 0 Å². The Kier molecular flexibility index (Phi) is 4.19. The molecule has 0 bridgehead atoms. The first-order valence-corrected chi connectivity index (χ1v) is 7.50. The number of hydrogen-bond acceptors (Lipinski definition) is 1. The van der Waals surface area contributed by atoms with Crippen LogP contribution in [-0.4, -0.2) is 14.2 Å². The smallest absolute Gasteiger partial charge is 0.123 e. The van der Waals surface area contributed by atoms with Crippen LogP contribution in [0.3, 0.4) is 0 Å². The molecule has 1 aromatic carbocycles. The molecule has 2 rings (SSSR count). The van der Waals surface area contributed by atoms with Gasteiger partial charge in [-0.15, -0.1) is 0 Å². The number of aryl methyl sites for hydroxylation is 2. The van der Waals surface area contributed by atoms with Gasteiger partial charge < -0.3 is 0 Å². The molecule has 0 N–H and O–H groups in total. The quantitative estimate of drug-likeness (QED) is 0.549. The summed E-state index contributed by atoms with van der Waals surface area (Å²) in [6.07, 6.45) is 0. The van der Waals surface area contributed by atoms with E-state index in [1.807, 2.05) is 11.6 Å². The summed E-state index contributed by atoms with van der Waals surface area (Å²) in [7, 11) is 0. The van der Waals surface area contributed by atoms with Gasteiger partial charge in [-0.05, 0) is 47.1 Å². The van der Waals surface area contributed by atoms with Crippen LogP contribution in [0.5, 0.6) is 0 Å². The van der Waals surface area contributed by atoms with Crippen molar-refractivity contribution in [2.24, 2.45) is 0 Å². The van der Waals surface area contributed by atoms with Crippen LogP contribution in [0.1, 0.15) is 5.69 Å². The van der Waals surface area contributed by atoms with E-state index in [0.29, 0.717) is 0 Å². The molecule has 0 radical (unpaired) electrons. The van der Waals surface area contributed by atoms with E-state index in [1.165, 1.54) is 12.1 Å². The minimum atomic E-state index is -0.221. The second-order valence-electron chi connectivity index (χ2n) is 3.67. The summed E-state index contributed by atoms with van der Waals surface area (Å²) in [5.41, 5.74) is 2.94. The van der Waals surface area contributed by atoms with Gasteiger partial charge in [0, 0.05) is 9.99 Å². The van der Waals surface area contributed by atoms with Crippen molar-refractivity contribution in [3.05, 3.63) is 40.2 Å². The fourth-order valence-corrected chi connectivity index (χ4v) is 2.65. The molecule has 0 aliphatic rings. The zero-order valence-electron chi connectivity index (χ0n) is 9.25. The van der Waals surface area contributed by atoms with E-state index >= 15 is 0 Å². The predicted octanol–water partition coefficient (Wildman–Crippen LogP) is 4.20. The number of rotatable bonds is 3. The van der Waals surface area contributed by atoms with Gasteiger partial charge in [-0.1, -0.05) is 22.6 Å². The van der Waals surface area contributed by atoms with Gasteiger partial charge in [-0.2, -0.15) is 5.10 Å². The normalized spacial score (nSPS) is 10.8. The third-order valence-corrected chi connectivity index (χ3v) is 3.90. The molecule has 0 atom stereocenters. The monoisotopic (exact) mass is 408 g/mol. The lowest BCUT2D eigenvalue weighted by molar-refractivity contribution is 0.627. The summed E-state index contributed by atoms with van der Waals surface area (Å²) < 4.78 is 16.8. The SMILES string of the molecule is Cc1nn(CCI)c(-c2ccc(F)cc2)c1Br. The summed E-state index contributed by atoms with van der Waals surface area (Å²) in [5.74, 6) is -0.221. The van der Waals surface area contributed by atoms with Crippen molar-refractivity contribution in [1.29, 1.82) is 0 Å². The van der Waals surface area contributed by atoms with Crippen LogP contribution in [0.15, 0.2) is 28.7 Å². The number of aromatic nitrogens is 2. The van der Waals surface area contributed by atoms with Crippen LogP contribution in [-0.2, 0) is 6.54 Å². The number of halogens is 3. The Bertz CT molecular complexity index is 522. The Balaban J connectivity index is 2.53. The van der Waals surface area contributed by atoms with Crippen LogP contribution in [0.25, 0.3) is 11.3 Å². The number of benzene rings is 1. The highest BCUT2D eigenvalue weighted by Crippen LogP contribution is 2.31. The second-order valence-corrected chi connectivity index (χ2v) is 5.54. The Hall–Kier alpha value is -0.430. The Morgan fingerprint density at radius 2 is 2.00 bits per heavy atom. The van der Waals surface area contributed by atoms with E-state index < -0.39 is 0 Å². The van der Waals surface area contributed by atoms with Gasteiger partial charge in [0.25, 0.3) is 0 Å². The standard InChI is InChI=1S/C12H11BrFIN2/c1-8-11(13)12(17(16-8)7-6-15)9-2-4-10(14)5-3-9/h2-5H,6-7H2,1H3. The number of nitrogens with zero attached hydrogens (tertiary/aromatic N) is 2. The molecule has 0 fully saturated rings. The van der Waals surface area contributed by atoms with Crippen molar-refractivity contribution < 1.29 is 4.39 Å². The highest BCUT2D eigenvalue weighted by Gasteiger charge is 2.14. The molecule has 90 valence electrons. The molecule has 0 saturated heterocycles. The van der Waals surface area contributed by atoms with Gasteiger partial charge in [0.15, 0.2) is 0 Å². The van der Waals surface area contributed by atoms with Gasteiger partial charge >= 0.3 is 0 Å². The number of alkyl halides is 1. The average Bonchev–Trinajstić information content (AvgIpc) is 2.57. The summed E-state index contributed by atoms with van der Waals surface area (Å²) in [4.78, 5) is 0. The lowest BCUT2D eigenvalue weighted by Crippen LogP contribution is -2.03. The van der Waals surface area contributed by atoms with Gasteiger partial charge in [-0.3, -0.25) is 4.68 Å². The fourth-order valence-electron chi connectivity index (χ4n) is 1.68. The van der Waals surface area contributed by atoms with Crippen molar-refractivity contribution in [2.75, 3.05) is 4.43 Å². The molecular formula is C12H11BrFIN2. The first-order valence-electron chi connectivity index (χ1n) is 5.18. The van der Waals surface area contributed by atoms with Crippen molar-refractivity contribution >= 4 is 38.5 Å². The summed E-state index contributed by atoms with van der Waals surface area (Å²) in [6, 6.07) is 6.50. The molecule has 17 heavy (non-hydrogen) atoms. The maximum absolute atomic E-state index is 12.9. The van der Waals surface area contributed by atoms with Crippen molar-refractivity contribution in [2.45, 2.75) is 13.5 Å². The summed E-state index contributed by atoms with van der Waals surface area (Å²) >= 11 is 5.86. The molecule has 0 unspecified atom stereocenters. The second kappa shape index (κ2) is 5.48. The molecule has 0 amide bonds. The zero-order valence-corrected chi connectivity index (χ0v) is 13.0. The molecule has 0 spiro atoms. The molecule has 0 aliphatic heterocycles. The summed E-state index contributed by atoms with van der Waals surface area (Å²) in [6.45, 7) is 2.81. The van der Waals surface area contributed by atoms with Crippen molar-refractivity contribution in [3.8, 4) is 11.3 Å². The third kappa shape index (κ3) is 2.70. The van der Waals surface area contributed by atoms with E-state index in [1.54, 1.807) is 12.1 Å². The average molecular weight is 409 g/mol. The summed E-state index contributed by atoms with van der Waals surface area (Å²) in [5, 5.41) is 4.47. The predicted molar refractivity (Wildman–Crippen MR) is 78.9 cm³/mol. The van der Waals surface area contributed by atoms with Gasteiger partial charge in [0.05, 0.1) is 22.4 Å². The van der Waals surface area contributed by atoms with Crippen molar-refractivity contribution in [3.63, 3.8) is 0 Å². The third-order valence-electron chi connectivity index (χ3n) is 2.47. The van der Waals surface area contributed by atoms with E-state index in [4.69, 9.17) is 0 Å². The van der Waals surface area contributed by atoms with Gasteiger partial charge in [-0.25, -0.2) is 4.39 Å². The van der Waals surface area contributed by atoms with E-state index in [0.717, 1.165) is 32.4 Å². The Morgan fingerprint density at radius 1 is 1.35 bits per heavy atom. The topological polar surface area (TPSA) is 17.8 Å². The van der Waals surface area contributed by atoms with Crippen LogP contribution < -0.4 is 0 Å². The molecule has 2 nitrogen and oxygen atoms in total. The zero-order chi connectivity index (χ0) is 12.4. The Morgan fingerprint density at radius 3 is 2.59 bits per heavy atom. The van der Waals surface area contributed by atoms with E-state index in [9.17, 15) is 4.39 Å². The minimum Gasteiger partial charge on any atom is -0.263 e. The van der Waals surface area contributed by atoms with E-state index in [-0.39, 0.29) is 5.82 Å². The van der Waals surface area contributed by atoms with E-state index in [2.05, 4.69) is 43.6 Å². The van der Waals surface area contributed by atoms with Crippen LogP contribution >= 0.6 is 38.5 Å². The first kappa shape index (κ1) is 13.0. The minimum absolute atomic E-state index is 0.221. The first-order chi connectivity index (χ1) is 8.13. The molecule has 1 aromatic heterocycles. The Labute approximate surface area is 121 Å². The fraction of sp³-hybridized carbons (Fsp3) is 0.250. The molecule has 2 aromatic rings. The maximum atomic E-state index is 12.9. The molecular weight excluding hydrogens is 398 g/mol. The maximum Gasteiger partial charge on any atom is 0.123 e. The van der Waals surface area contributed by atoms with Crippen LogP contribution in [0.4, 0.5) is 4.39 Å². The van der Waals surface area contributed by atoms with Gasteiger partial charge in [0.2, 0.25) is 0 Å². The lowest BCUT2D eigenvalue weighted by atomic mass is 10.1. The largest absolute Gasteiger partial charge is 0.263 e. The molecule has 0 saturated carbocycles. The lowest BCUT2D eigenvalue weighted by Gasteiger charge is -2.06. The molecule has 0 aliphatic carbocycles. The highest BCUT2D eigenvalue weighted by molar-refractivity contribution is 14.1. The van der Waals surface area contributed by atoms with Gasteiger partial charge in [0.1, 0.15) is 5.82 Å². The van der Waals surface area contributed by atoms with Crippen molar-refractivity contribution in [1.82, 2.24) is 9.78 Å².